The third-order valence-electron chi connectivity index (χ3n) is 9.74. The van der Waals surface area contributed by atoms with Gasteiger partial charge in [-0.2, -0.15) is 0 Å². The van der Waals surface area contributed by atoms with Crippen molar-refractivity contribution in [3.05, 3.63) is 182 Å². The SMILES string of the molecule is c1ccc(N(c2ccc(-c3ccc4c(c3)c3cccc5c3n4-c3ccccc3O5)cc2)c2cccc(-c3ccc4ccccc4c3)c2)cc1. The second-order valence-corrected chi connectivity index (χ2v) is 12.6. The number of benzene rings is 8. The van der Waals surface area contributed by atoms with Crippen LogP contribution in [0.4, 0.5) is 17.1 Å². The molecule has 0 saturated carbocycles. The van der Waals surface area contributed by atoms with E-state index in [0.717, 1.165) is 39.8 Å². The molecule has 0 fully saturated rings. The maximum absolute atomic E-state index is 6.33. The normalized spacial score (nSPS) is 11.8. The predicted molar refractivity (Wildman–Crippen MR) is 204 cm³/mol. The van der Waals surface area contributed by atoms with Gasteiger partial charge in [-0.05, 0) is 106 Å². The van der Waals surface area contributed by atoms with E-state index in [-0.39, 0.29) is 0 Å². The van der Waals surface area contributed by atoms with Gasteiger partial charge in [-0.3, -0.25) is 0 Å². The summed E-state index contributed by atoms with van der Waals surface area (Å²) in [5.74, 6) is 1.77. The van der Waals surface area contributed by atoms with Gasteiger partial charge in [-0.25, -0.2) is 0 Å². The molecular formula is C46H30N2O. The molecule has 1 aromatic heterocycles. The summed E-state index contributed by atoms with van der Waals surface area (Å²) >= 11 is 0. The lowest BCUT2D eigenvalue weighted by atomic mass is 10.00. The minimum Gasteiger partial charge on any atom is -0.453 e. The molecule has 8 aromatic carbocycles. The van der Waals surface area contributed by atoms with E-state index in [1.54, 1.807) is 0 Å². The summed E-state index contributed by atoms with van der Waals surface area (Å²) in [5.41, 5.74) is 11.5. The number of hydrogen-bond donors (Lipinski definition) is 0. The highest BCUT2D eigenvalue weighted by Gasteiger charge is 2.23. The number of rotatable bonds is 5. The average molecular weight is 627 g/mol. The summed E-state index contributed by atoms with van der Waals surface area (Å²) in [6, 6.07) is 65.0. The zero-order valence-corrected chi connectivity index (χ0v) is 26.6. The summed E-state index contributed by atoms with van der Waals surface area (Å²) in [5, 5.41) is 4.91. The lowest BCUT2D eigenvalue weighted by Crippen LogP contribution is -2.09. The number of fused-ring (bicyclic) bond motifs is 6. The van der Waals surface area contributed by atoms with E-state index in [0.29, 0.717) is 0 Å². The summed E-state index contributed by atoms with van der Waals surface area (Å²) < 4.78 is 8.67. The van der Waals surface area contributed by atoms with Crippen molar-refractivity contribution < 1.29 is 4.74 Å². The molecule has 0 radical (unpaired) electrons. The molecule has 0 bridgehead atoms. The fourth-order valence-corrected chi connectivity index (χ4v) is 7.42. The van der Waals surface area contributed by atoms with Crippen LogP contribution in [0, 0.1) is 0 Å². The Morgan fingerprint density at radius 2 is 1.04 bits per heavy atom. The molecule has 1 aliphatic heterocycles. The molecule has 3 heteroatoms. The first-order chi connectivity index (χ1) is 24.3. The Bertz CT molecular complexity index is 2690. The van der Waals surface area contributed by atoms with E-state index >= 15 is 0 Å². The molecular weight excluding hydrogens is 597 g/mol. The molecule has 49 heavy (non-hydrogen) atoms. The first kappa shape index (κ1) is 27.5. The summed E-state index contributed by atoms with van der Waals surface area (Å²) in [4.78, 5) is 2.33. The second kappa shape index (κ2) is 11.0. The van der Waals surface area contributed by atoms with Crippen LogP contribution >= 0.6 is 0 Å². The molecule has 0 N–H and O–H groups in total. The van der Waals surface area contributed by atoms with Crippen molar-refractivity contribution >= 4 is 49.6 Å². The minimum atomic E-state index is 0.880. The lowest BCUT2D eigenvalue weighted by molar-refractivity contribution is 0.476. The standard InChI is InChI=1S/C46H30N2O/c1-2-13-37(14-3-1)47(39-15-8-12-34(29-39)35-21-20-31-10-4-5-11-33(31)28-35)38-25-22-32(23-26-38)36-24-27-42-41(30-36)40-16-9-19-45-46(40)48(42)43-17-6-7-18-44(43)49-45/h1-30H. The Morgan fingerprint density at radius 3 is 1.94 bits per heavy atom. The third-order valence-corrected chi connectivity index (χ3v) is 9.74. The van der Waals surface area contributed by atoms with Crippen LogP contribution in [0.5, 0.6) is 11.5 Å². The average Bonchev–Trinajstić information content (AvgIpc) is 3.51. The van der Waals surface area contributed by atoms with Gasteiger partial charge >= 0.3 is 0 Å². The highest BCUT2D eigenvalue weighted by molar-refractivity contribution is 6.13. The minimum absolute atomic E-state index is 0.880. The molecule has 0 saturated heterocycles. The van der Waals surface area contributed by atoms with Gasteiger partial charge in [0.05, 0.1) is 16.7 Å². The van der Waals surface area contributed by atoms with Gasteiger partial charge in [0.1, 0.15) is 0 Å². The highest BCUT2D eigenvalue weighted by Crippen LogP contribution is 2.46. The van der Waals surface area contributed by atoms with Crippen LogP contribution in [0.3, 0.4) is 0 Å². The van der Waals surface area contributed by atoms with Crippen LogP contribution in [0.2, 0.25) is 0 Å². The maximum atomic E-state index is 6.33. The van der Waals surface area contributed by atoms with Crippen LogP contribution in [-0.4, -0.2) is 4.57 Å². The van der Waals surface area contributed by atoms with E-state index < -0.39 is 0 Å². The molecule has 0 aliphatic carbocycles. The largest absolute Gasteiger partial charge is 0.453 e. The number of hydrogen-bond acceptors (Lipinski definition) is 2. The molecule has 0 amide bonds. The monoisotopic (exact) mass is 626 g/mol. The molecule has 2 heterocycles. The topological polar surface area (TPSA) is 17.4 Å². The molecule has 10 rings (SSSR count). The zero-order valence-electron chi connectivity index (χ0n) is 26.6. The number of anilines is 3. The van der Waals surface area contributed by atoms with Gasteiger partial charge in [-0.1, -0.05) is 109 Å². The fourth-order valence-electron chi connectivity index (χ4n) is 7.42. The smallest absolute Gasteiger partial charge is 0.152 e. The van der Waals surface area contributed by atoms with Crippen LogP contribution in [0.25, 0.3) is 60.5 Å². The third kappa shape index (κ3) is 4.51. The van der Waals surface area contributed by atoms with E-state index in [4.69, 9.17) is 4.74 Å². The summed E-state index contributed by atoms with van der Waals surface area (Å²) in [6.07, 6.45) is 0. The van der Waals surface area contributed by atoms with Crippen molar-refractivity contribution in [1.29, 1.82) is 0 Å². The lowest BCUT2D eigenvalue weighted by Gasteiger charge is -2.26. The summed E-state index contributed by atoms with van der Waals surface area (Å²) in [6.45, 7) is 0. The Kier molecular flexibility index (Phi) is 6.18. The Hall–Kier alpha value is -6.58. The van der Waals surface area contributed by atoms with Crippen molar-refractivity contribution in [1.82, 2.24) is 4.57 Å². The maximum Gasteiger partial charge on any atom is 0.152 e. The number of ether oxygens (including phenoxy) is 1. The first-order valence-electron chi connectivity index (χ1n) is 16.7. The van der Waals surface area contributed by atoms with Gasteiger partial charge in [0, 0.05) is 27.8 Å². The van der Waals surface area contributed by atoms with Crippen LogP contribution in [0.15, 0.2) is 182 Å². The quantitative estimate of drug-likeness (QED) is 0.189. The van der Waals surface area contributed by atoms with Crippen molar-refractivity contribution in [2.75, 3.05) is 4.90 Å². The van der Waals surface area contributed by atoms with Crippen molar-refractivity contribution in [2.24, 2.45) is 0 Å². The molecule has 0 spiro atoms. The van der Waals surface area contributed by atoms with Gasteiger partial charge in [0.15, 0.2) is 11.5 Å². The number of aromatic nitrogens is 1. The molecule has 9 aromatic rings. The molecule has 230 valence electrons. The Balaban J connectivity index is 1.05. The zero-order chi connectivity index (χ0) is 32.3. The highest BCUT2D eigenvalue weighted by atomic mass is 16.5. The van der Waals surface area contributed by atoms with Crippen LogP contribution in [-0.2, 0) is 0 Å². The van der Waals surface area contributed by atoms with E-state index in [9.17, 15) is 0 Å². The first-order valence-corrected chi connectivity index (χ1v) is 16.7. The van der Waals surface area contributed by atoms with E-state index in [2.05, 4.69) is 179 Å². The molecule has 3 nitrogen and oxygen atoms in total. The summed E-state index contributed by atoms with van der Waals surface area (Å²) in [7, 11) is 0. The van der Waals surface area contributed by atoms with Gasteiger partial charge in [0.25, 0.3) is 0 Å². The van der Waals surface area contributed by atoms with Gasteiger partial charge in [-0.15, -0.1) is 0 Å². The van der Waals surface area contributed by atoms with Crippen molar-refractivity contribution in [2.45, 2.75) is 0 Å². The Morgan fingerprint density at radius 1 is 0.388 bits per heavy atom. The fraction of sp³-hybridized carbons (Fsp3) is 0. The van der Waals surface area contributed by atoms with Gasteiger partial charge < -0.3 is 14.2 Å². The second-order valence-electron chi connectivity index (χ2n) is 12.6. The van der Waals surface area contributed by atoms with Crippen molar-refractivity contribution in [3.8, 4) is 39.4 Å². The van der Waals surface area contributed by atoms with Crippen LogP contribution in [0.1, 0.15) is 0 Å². The molecule has 0 unspecified atom stereocenters. The van der Waals surface area contributed by atoms with Gasteiger partial charge in [0.2, 0.25) is 0 Å². The van der Waals surface area contributed by atoms with Crippen molar-refractivity contribution in [3.63, 3.8) is 0 Å². The Labute approximate surface area is 284 Å². The number of para-hydroxylation sites is 4. The van der Waals surface area contributed by atoms with E-state index in [1.807, 2.05) is 12.1 Å². The number of nitrogens with zero attached hydrogens (tertiary/aromatic N) is 2. The molecule has 0 atom stereocenters. The van der Waals surface area contributed by atoms with Crippen LogP contribution < -0.4 is 9.64 Å². The molecule has 1 aliphatic rings. The van der Waals surface area contributed by atoms with E-state index in [1.165, 1.54) is 49.3 Å². The predicted octanol–water partition coefficient (Wildman–Crippen LogP) is 12.8.